The maximum Gasteiger partial charge on any atom is 0.334 e. The number of carbonyl (C=O) groups is 2. The van der Waals surface area contributed by atoms with E-state index in [1.54, 1.807) is 0 Å². The molecule has 0 radical (unpaired) electrons. The lowest BCUT2D eigenvalue weighted by atomic mass is 10.3. The van der Waals surface area contributed by atoms with Crippen molar-refractivity contribution >= 4 is 12.0 Å². The van der Waals surface area contributed by atoms with Crippen LogP contribution in [0.5, 0.6) is 0 Å². The van der Waals surface area contributed by atoms with E-state index in [1.807, 2.05) is 0 Å². The van der Waals surface area contributed by atoms with Crippen molar-refractivity contribution < 1.29 is 19.4 Å². The second-order valence-electron chi connectivity index (χ2n) is 5.13. The van der Waals surface area contributed by atoms with E-state index >= 15 is 0 Å². The van der Waals surface area contributed by atoms with Crippen molar-refractivity contribution in [2.24, 2.45) is 0 Å². The molecule has 0 aromatic rings. The van der Waals surface area contributed by atoms with Gasteiger partial charge in [-0.1, -0.05) is 0 Å². The molecule has 2 aliphatic rings. The first-order chi connectivity index (χ1) is 9.10. The number of ether oxygens (including phenoxy) is 1. The fourth-order valence-electron chi connectivity index (χ4n) is 2.37. The minimum atomic E-state index is -1.08. The van der Waals surface area contributed by atoms with Gasteiger partial charge in [-0.05, 0) is 19.3 Å². The van der Waals surface area contributed by atoms with Gasteiger partial charge in [0.2, 0.25) is 0 Å². The minimum absolute atomic E-state index is 0.0310. The average Bonchev–Trinajstić information content (AvgIpc) is 3.11. The summed E-state index contributed by atoms with van der Waals surface area (Å²) in [6.45, 7) is 1.90. The van der Waals surface area contributed by atoms with E-state index in [1.165, 1.54) is 20.0 Å². The zero-order valence-electron chi connectivity index (χ0n) is 11.1. The number of rotatable bonds is 6. The Labute approximate surface area is 112 Å². The highest BCUT2D eigenvalue weighted by Crippen LogP contribution is 2.29. The number of urea groups is 1. The molecule has 7 nitrogen and oxygen atoms in total. The third-order valence-electron chi connectivity index (χ3n) is 3.63. The van der Waals surface area contributed by atoms with Crippen LogP contribution in [0.3, 0.4) is 0 Å². The number of aliphatic carboxylic acids is 1. The number of hydrogen-bond donors (Lipinski definition) is 3. The molecule has 2 amide bonds. The Morgan fingerprint density at radius 1 is 1.42 bits per heavy atom. The number of carboxylic acids is 1. The SMILES string of the molecule is COC(CNC(=O)NC1CCN(C2CC2)C1)C(=O)O. The summed E-state index contributed by atoms with van der Waals surface area (Å²) >= 11 is 0. The largest absolute Gasteiger partial charge is 0.479 e. The summed E-state index contributed by atoms with van der Waals surface area (Å²) in [4.78, 5) is 24.8. The highest BCUT2D eigenvalue weighted by Gasteiger charge is 2.34. The minimum Gasteiger partial charge on any atom is -0.479 e. The predicted molar refractivity (Wildman–Crippen MR) is 68.0 cm³/mol. The quantitative estimate of drug-likeness (QED) is 0.613. The van der Waals surface area contributed by atoms with Gasteiger partial charge in [0.15, 0.2) is 6.10 Å². The average molecular weight is 271 g/mol. The van der Waals surface area contributed by atoms with Gasteiger partial charge in [0.1, 0.15) is 0 Å². The van der Waals surface area contributed by atoms with Gasteiger partial charge in [-0.15, -0.1) is 0 Å². The molecule has 0 spiro atoms. The summed E-state index contributed by atoms with van der Waals surface area (Å²) in [5, 5.41) is 14.2. The molecule has 2 atom stereocenters. The molecular formula is C12H21N3O4. The van der Waals surface area contributed by atoms with Gasteiger partial charge in [0, 0.05) is 32.3 Å². The molecule has 0 aromatic heterocycles. The lowest BCUT2D eigenvalue weighted by molar-refractivity contribution is -0.147. The molecule has 0 bridgehead atoms. The fraction of sp³-hybridized carbons (Fsp3) is 0.833. The molecule has 1 heterocycles. The van der Waals surface area contributed by atoms with Gasteiger partial charge < -0.3 is 20.5 Å². The molecule has 1 saturated carbocycles. The first-order valence-electron chi connectivity index (χ1n) is 6.64. The summed E-state index contributed by atoms with van der Waals surface area (Å²) in [5.41, 5.74) is 0. The van der Waals surface area contributed by atoms with Crippen LogP contribution in [0.2, 0.25) is 0 Å². The Balaban J connectivity index is 1.65. The van der Waals surface area contributed by atoms with Crippen LogP contribution in [-0.2, 0) is 9.53 Å². The van der Waals surface area contributed by atoms with Crippen molar-refractivity contribution in [3.63, 3.8) is 0 Å². The van der Waals surface area contributed by atoms with Crippen LogP contribution in [0.15, 0.2) is 0 Å². The van der Waals surface area contributed by atoms with Crippen LogP contribution in [0.25, 0.3) is 0 Å². The molecule has 108 valence electrons. The van der Waals surface area contributed by atoms with Gasteiger partial charge in [-0.25, -0.2) is 9.59 Å². The van der Waals surface area contributed by atoms with E-state index < -0.39 is 12.1 Å². The molecule has 2 rings (SSSR count). The van der Waals surface area contributed by atoms with Crippen molar-refractivity contribution in [3.8, 4) is 0 Å². The van der Waals surface area contributed by atoms with Crippen molar-refractivity contribution in [1.82, 2.24) is 15.5 Å². The normalized spacial score (nSPS) is 25.0. The van der Waals surface area contributed by atoms with Crippen molar-refractivity contribution in [1.29, 1.82) is 0 Å². The second kappa shape index (κ2) is 6.21. The first kappa shape index (κ1) is 14.1. The Morgan fingerprint density at radius 3 is 2.74 bits per heavy atom. The molecule has 1 aliphatic heterocycles. The lowest BCUT2D eigenvalue weighted by Gasteiger charge is -2.17. The number of amides is 2. The maximum atomic E-state index is 11.6. The fourth-order valence-corrected chi connectivity index (χ4v) is 2.37. The lowest BCUT2D eigenvalue weighted by Crippen LogP contribution is -2.47. The molecule has 3 N–H and O–H groups in total. The first-order valence-corrected chi connectivity index (χ1v) is 6.64. The molecule has 2 unspecified atom stereocenters. The van der Waals surface area contributed by atoms with Crippen LogP contribution in [0.4, 0.5) is 4.79 Å². The summed E-state index contributed by atoms with van der Waals surface area (Å²) in [5.74, 6) is -1.08. The summed E-state index contributed by atoms with van der Waals surface area (Å²) < 4.78 is 4.74. The van der Waals surface area contributed by atoms with E-state index in [0.29, 0.717) is 0 Å². The highest BCUT2D eigenvalue weighted by molar-refractivity contribution is 5.77. The zero-order valence-corrected chi connectivity index (χ0v) is 11.1. The van der Waals surface area contributed by atoms with Crippen molar-refractivity contribution in [2.45, 2.75) is 37.5 Å². The number of carboxylic acid groups (broad SMARTS) is 1. The van der Waals surface area contributed by atoms with Crippen LogP contribution < -0.4 is 10.6 Å². The molecule has 0 aromatic carbocycles. The summed E-state index contributed by atoms with van der Waals surface area (Å²) in [7, 11) is 1.31. The van der Waals surface area contributed by atoms with E-state index in [4.69, 9.17) is 9.84 Å². The van der Waals surface area contributed by atoms with E-state index in [0.717, 1.165) is 25.6 Å². The molecule has 1 saturated heterocycles. The Morgan fingerprint density at radius 2 is 2.16 bits per heavy atom. The predicted octanol–water partition coefficient (Wildman–Crippen LogP) is -0.378. The number of methoxy groups -OCH3 is 1. The second-order valence-corrected chi connectivity index (χ2v) is 5.13. The van der Waals surface area contributed by atoms with Crippen molar-refractivity contribution in [3.05, 3.63) is 0 Å². The Kier molecular flexibility index (Phi) is 4.60. The van der Waals surface area contributed by atoms with E-state index in [9.17, 15) is 9.59 Å². The number of nitrogens with zero attached hydrogens (tertiary/aromatic N) is 1. The van der Waals surface area contributed by atoms with Gasteiger partial charge >= 0.3 is 12.0 Å². The molecule has 7 heteroatoms. The van der Waals surface area contributed by atoms with E-state index in [-0.39, 0.29) is 18.6 Å². The summed E-state index contributed by atoms with van der Waals surface area (Å²) in [6.07, 6.45) is 2.49. The number of nitrogens with one attached hydrogen (secondary N) is 2. The Bertz CT molecular complexity index is 346. The van der Waals surface area contributed by atoms with Gasteiger partial charge in [-0.2, -0.15) is 0 Å². The van der Waals surface area contributed by atoms with Gasteiger partial charge in [0.25, 0.3) is 0 Å². The summed E-state index contributed by atoms with van der Waals surface area (Å²) in [6, 6.07) is 0.553. The smallest absolute Gasteiger partial charge is 0.334 e. The van der Waals surface area contributed by atoms with E-state index in [2.05, 4.69) is 15.5 Å². The third kappa shape index (κ3) is 4.07. The van der Waals surface area contributed by atoms with Gasteiger partial charge in [-0.3, -0.25) is 4.90 Å². The van der Waals surface area contributed by atoms with Crippen LogP contribution in [0.1, 0.15) is 19.3 Å². The van der Waals surface area contributed by atoms with Crippen molar-refractivity contribution in [2.75, 3.05) is 26.7 Å². The molecule has 19 heavy (non-hydrogen) atoms. The monoisotopic (exact) mass is 271 g/mol. The third-order valence-corrected chi connectivity index (χ3v) is 3.63. The van der Waals surface area contributed by atoms with Crippen LogP contribution in [-0.4, -0.2) is 66.9 Å². The number of hydrogen-bond acceptors (Lipinski definition) is 4. The molecule has 1 aliphatic carbocycles. The maximum absolute atomic E-state index is 11.6. The molecule has 2 fully saturated rings. The zero-order chi connectivity index (χ0) is 13.8. The molecular weight excluding hydrogens is 250 g/mol. The van der Waals surface area contributed by atoms with Gasteiger partial charge in [0.05, 0.1) is 6.54 Å². The van der Waals surface area contributed by atoms with Crippen LogP contribution >= 0.6 is 0 Å². The number of likely N-dealkylation sites (tertiary alicyclic amines) is 1. The number of carbonyl (C=O) groups excluding carboxylic acids is 1. The van der Waals surface area contributed by atoms with Crippen LogP contribution in [0, 0.1) is 0 Å². The standard InChI is InChI=1S/C12H21N3O4/c1-19-10(11(16)17)6-13-12(18)14-8-4-5-15(7-8)9-2-3-9/h8-10H,2-7H2,1H3,(H,16,17)(H2,13,14,18). The Hall–Kier alpha value is -1.34. The topological polar surface area (TPSA) is 90.9 Å². The highest BCUT2D eigenvalue weighted by atomic mass is 16.5.